The molecule has 1 heterocycles. The third-order valence-corrected chi connectivity index (χ3v) is 3.80. The maximum atomic E-state index is 13.4. The lowest BCUT2D eigenvalue weighted by molar-refractivity contribution is -0.123. The fraction of sp³-hybridized carbons (Fsp3) is 0.278. The van der Waals surface area contributed by atoms with Crippen LogP contribution >= 0.6 is 0 Å². The van der Waals surface area contributed by atoms with Crippen molar-refractivity contribution in [3.8, 4) is 11.1 Å². The molecule has 0 saturated heterocycles. The largest absolute Gasteiger partial charge is 0.367 e. The molecule has 0 aromatic heterocycles. The molecule has 23 heavy (non-hydrogen) atoms. The summed E-state index contributed by atoms with van der Waals surface area (Å²) < 4.78 is 32.3. The Bertz CT molecular complexity index is 738. The quantitative estimate of drug-likeness (QED) is 0.840. The van der Waals surface area contributed by atoms with E-state index in [1.54, 1.807) is 17.0 Å². The summed E-state index contributed by atoms with van der Waals surface area (Å²) in [7, 11) is 0. The lowest BCUT2D eigenvalue weighted by atomic mass is 10.0. The summed E-state index contributed by atoms with van der Waals surface area (Å²) in [6.45, 7) is 4.18. The monoisotopic (exact) mass is 317 g/mol. The van der Waals surface area contributed by atoms with Crippen molar-refractivity contribution >= 4 is 11.6 Å². The van der Waals surface area contributed by atoms with Gasteiger partial charge in [-0.15, -0.1) is 0 Å². The molecule has 0 bridgehead atoms. The van der Waals surface area contributed by atoms with Crippen LogP contribution in [0, 0.1) is 11.6 Å². The van der Waals surface area contributed by atoms with Gasteiger partial charge in [-0.3, -0.25) is 4.79 Å². The zero-order chi connectivity index (χ0) is 16.6. The first-order chi connectivity index (χ1) is 11.0. The number of anilines is 1. The molecule has 3 rings (SSSR count). The number of hydrogen-bond acceptors (Lipinski definition) is 2. The van der Waals surface area contributed by atoms with Crippen LogP contribution in [0.25, 0.3) is 11.1 Å². The lowest BCUT2D eigenvalue weighted by Crippen LogP contribution is -2.38. The van der Waals surface area contributed by atoms with Crippen molar-refractivity contribution in [3.05, 3.63) is 53.6 Å². The van der Waals surface area contributed by atoms with E-state index in [-0.39, 0.29) is 25.2 Å². The number of carbonyl (C=O) groups is 1. The van der Waals surface area contributed by atoms with E-state index in [0.29, 0.717) is 11.1 Å². The van der Waals surface area contributed by atoms with Gasteiger partial charge in [-0.1, -0.05) is 6.07 Å². The van der Waals surface area contributed by atoms with Crippen molar-refractivity contribution in [2.45, 2.75) is 26.5 Å². The Morgan fingerprint density at radius 1 is 1.00 bits per heavy atom. The molecule has 1 aliphatic rings. The van der Waals surface area contributed by atoms with E-state index in [1.165, 1.54) is 12.1 Å². The minimum absolute atomic E-state index is 0.000383. The second-order valence-corrected chi connectivity index (χ2v) is 5.85. The van der Waals surface area contributed by atoms with Crippen molar-refractivity contribution < 1.29 is 18.3 Å². The van der Waals surface area contributed by atoms with Crippen molar-refractivity contribution in [2.24, 2.45) is 0 Å². The Balaban J connectivity index is 2.08. The van der Waals surface area contributed by atoms with Gasteiger partial charge in [0.1, 0.15) is 18.2 Å². The van der Waals surface area contributed by atoms with Crippen LogP contribution in [-0.2, 0) is 16.1 Å². The zero-order valence-corrected chi connectivity index (χ0v) is 13.0. The third kappa shape index (κ3) is 3.10. The van der Waals surface area contributed by atoms with Crippen LogP contribution in [0.1, 0.15) is 19.4 Å². The van der Waals surface area contributed by atoms with Gasteiger partial charge < -0.3 is 9.64 Å². The van der Waals surface area contributed by atoms with Crippen molar-refractivity contribution in [2.75, 3.05) is 11.5 Å². The molecule has 0 radical (unpaired) electrons. The van der Waals surface area contributed by atoms with Gasteiger partial charge in [-0.05, 0) is 49.2 Å². The SMILES string of the molecule is CC(C)N1C(=O)COCc2cc(-c3cc(F)cc(F)c3)ccc21. The lowest BCUT2D eigenvalue weighted by Gasteiger charge is -2.26. The maximum Gasteiger partial charge on any atom is 0.253 e. The minimum atomic E-state index is -0.620. The predicted molar refractivity (Wildman–Crippen MR) is 84.1 cm³/mol. The molecule has 0 aliphatic carbocycles. The van der Waals surface area contributed by atoms with Crippen LogP contribution in [-0.4, -0.2) is 18.6 Å². The molecule has 3 nitrogen and oxygen atoms in total. The molecule has 0 fully saturated rings. The Kier molecular flexibility index (Phi) is 4.13. The van der Waals surface area contributed by atoms with Crippen molar-refractivity contribution in [1.82, 2.24) is 0 Å². The van der Waals surface area contributed by atoms with E-state index < -0.39 is 11.6 Å². The molecule has 0 saturated carbocycles. The Morgan fingerprint density at radius 2 is 1.70 bits per heavy atom. The first-order valence-corrected chi connectivity index (χ1v) is 7.45. The summed E-state index contributed by atoms with van der Waals surface area (Å²) in [5.41, 5.74) is 2.75. The number of rotatable bonds is 2. The van der Waals surface area contributed by atoms with Crippen LogP contribution in [0.4, 0.5) is 14.5 Å². The molecular weight excluding hydrogens is 300 g/mol. The topological polar surface area (TPSA) is 29.5 Å². The maximum absolute atomic E-state index is 13.4. The highest BCUT2D eigenvalue weighted by Crippen LogP contribution is 2.31. The number of hydrogen-bond donors (Lipinski definition) is 0. The molecule has 1 amide bonds. The van der Waals surface area contributed by atoms with Crippen LogP contribution < -0.4 is 4.90 Å². The first kappa shape index (κ1) is 15.6. The average Bonchev–Trinajstić information content (AvgIpc) is 2.63. The van der Waals surface area contributed by atoms with Gasteiger partial charge in [-0.2, -0.15) is 0 Å². The van der Waals surface area contributed by atoms with Gasteiger partial charge in [0, 0.05) is 23.4 Å². The van der Waals surface area contributed by atoms with E-state index >= 15 is 0 Å². The van der Waals surface area contributed by atoms with Gasteiger partial charge in [0.15, 0.2) is 0 Å². The van der Waals surface area contributed by atoms with Crippen molar-refractivity contribution in [1.29, 1.82) is 0 Å². The van der Waals surface area contributed by atoms with E-state index in [0.717, 1.165) is 17.3 Å². The summed E-state index contributed by atoms with van der Waals surface area (Å²) in [5, 5.41) is 0. The second-order valence-electron chi connectivity index (χ2n) is 5.85. The summed E-state index contributed by atoms with van der Waals surface area (Å²) in [6.07, 6.45) is 0. The van der Waals surface area contributed by atoms with Crippen molar-refractivity contribution in [3.63, 3.8) is 0 Å². The Hall–Kier alpha value is -2.27. The molecule has 120 valence electrons. The number of fused-ring (bicyclic) bond motifs is 1. The fourth-order valence-corrected chi connectivity index (χ4v) is 2.85. The summed E-state index contributed by atoms with van der Waals surface area (Å²) in [4.78, 5) is 13.9. The molecule has 5 heteroatoms. The molecule has 1 aliphatic heterocycles. The zero-order valence-electron chi connectivity index (χ0n) is 13.0. The van der Waals surface area contributed by atoms with Crippen LogP contribution in [0.2, 0.25) is 0 Å². The molecule has 0 N–H and O–H groups in total. The second kappa shape index (κ2) is 6.08. The number of nitrogens with zero attached hydrogens (tertiary/aromatic N) is 1. The first-order valence-electron chi connectivity index (χ1n) is 7.45. The number of carbonyl (C=O) groups excluding carboxylic acids is 1. The van der Waals surface area contributed by atoms with Gasteiger partial charge in [0.25, 0.3) is 5.91 Å². The van der Waals surface area contributed by atoms with Crippen LogP contribution in [0.15, 0.2) is 36.4 Å². The smallest absolute Gasteiger partial charge is 0.253 e. The number of ether oxygens (including phenoxy) is 1. The van der Waals surface area contributed by atoms with E-state index in [9.17, 15) is 13.6 Å². The van der Waals surface area contributed by atoms with Gasteiger partial charge in [0.05, 0.1) is 6.61 Å². The standard InChI is InChI=1S/C18H17F2NO2/c1-11(2)21-17-4-3-12(5-14(17)9-23-10-18(21)22)13-6-15(19)8-16(20)7-13/h3-8,11H,9-10H2,1-2H3. The molecular formula is C18H17F2NO2. The fourth-order valence-electron chi connectivity index (χ4n) is 2.85. The predicted octanol–water partition coefficient (Wildman–Crippen LogP) is 3.90. The van der Waals surface area contributed by atoms with Crippen LogP contribution in [0.5, 0.6) is 0 Å². The molecule has 2 aromatic rings. The normalized spacial score (nSPS) is 14.8. The van der Waals surface area contributed by atoms with E-state index in [2.05, 4.69) is 0 Å². The van der Waals surface area contributed by atoms with E-state index in [1.807, 2.05) is 19.9 Å². The molecule has 0 spiro atoms. The highest BCUT2D eigenvalue weighted by atomic mass is 19.1. The van der Waals surface area contributed by atoms with Gasteiger partial charge in [-0.25, -0.2) is 8.78 Å². The molecule has 2 aromatic carbocycles. The summed E-state index contributed by atoms with van der Waals surface area (Å²) in [5.74, 6) is -1.33. The highest BCUT2D eigenvalue weighted by Gasteiger charge is 2.25. The number of halogens is 2. The number of benzene rings is 2. The minimum Gasteiger partial charge on any atom is -0.367 e. The summed E-state index contributed by atoms with van der Waals surface area (Å²) >= 11 is 0. The van der Waals surface area contributed by atoms with Gasteiger partial charge >= 0.3 is 0 Å². The van der Waals surface area contributed by atoms with E-state index in [4.69, 9.17) is 4.74 Å². The molecule has 0 unspecified atom stereocenters. The third-order valence-electron chi connectivity index (χ3n) is 3.80. The summed E-state index contributed by atoms with van der Waals surface area (Å²) in [6, 6.07) is 8.80. The van der Waals surface area contributed by atoms with Crippen LogP contribution in [0.3, 0.4) is 0 Å². The highest BCUT2D eigenvalue weighted by molar-refractivity contribution is 5.96. The van der Waals surface area contributed by atoms with Gasteiger partial charge in [0.2, 0.25) is 0 Å². The average molecular weight is 317 g/mol. The molecule has 0 atom stereocenters. The Labute approximate surface area is 133 Å². The Morgan fingerprint density at radius 3 is 2.35 bits per heavy atom. The number of amides is 1.